The molecule has 14 heteroatoms. The lowest BCUT2D eigenvalue weighted by Crippen LogP contribution is -2.31. The summed E-state index contributed by atoms with van der Waals surface area (Å²) >= 11 is 0. The van der Waals surface area contributed by atoms with Gasteiger partial charge in [0.05, 0.1) is 31.1 Å². The molecule has 0 saturated carbocycles. The monoisotopic (exact) mass is 468 g/mol. The molecule has 3 amide bonds. The lowest BCUT2D eigenvalue weighted by molar-refractivity contribution is -0.386. The number of nitrogens with two attached hydrogens (primary N) is 1. The fourth-order valence-electron chi connectivity index (χ4n) is 2.71. The van der Waals surface area contributed by atoms with Crippen molar-refractivity contribution in [3.8, 4) is 17.2 Å². The summed E-state index contributed by atoms with van der Waals surface area (Å²) in [6, 6.07) is 5.41. The number of nitro benzene ring substituents is 1. The maximum absolute atomic E-state index is 12.7. The van der Waals surface area contributed by atoms with Crippen LogP contribution in [0.1, 0.15) is 15.9 Å². The van der Waals surface area contributed by atoms with Crippen LogP contribution in [0.25, 0.3) is 0 Å². The Morgan fingerprint density at radius 2 is 1.66 bits per heavy atom. The Bertz CT molecular complexity index is 1150. The second-order valence-corrected chi connectivity index (χ2v) is 7.78. The number of carbonyl (C=O) groups excluding carboxylic acids is 2. The largest absolute Gasteiger partial charge is 0.493 e. The summed E-state index contributed by atoms with van der Waals surface area (Å²) in [4.78, 5) is 33.9. The number of methoxy groups -OCH3 is 3. The second-order valence-electron chi connectivity index (χ2n) is 6.09. The first-order valence-electron chi connectivity index (χ1n) is 8.72. The summed E-state index contributed by atoms with van der Waals surface area (Å²) in [7, 11) is -0.826. The first-order chi connectivity index (χ1) is 15.0. The summed E-state index contributed by atoms with van der Waals surface area (Å²) in [5.74, 6) is -1.91. The van der Waals surface area contributed by atoms with Gasteiger partial charge in [-0.2, -0.15) is 0 Å². The Morgan fingerprint density at radius 3 is 2.12 bits per heavy atom. The number of hydrogen-bond donors (Lipinski definition) is 3. The third kappa shape index (κ3) is 5.15. The van der Waals surface area contributed by atoms with E-state index in [-0.39, 0.29) is 22.9 Å². The van der Waals surface area contributed by atoms with Crippen LogP contribution in [0.3, 0.4) is 0 Å². The van der Waals surface area contributed by atoms with E-state index in [1.165, 1.54) is 38.5 Å². The van der Waals surface area contributed by atoms with Gasteiger partial charge in [0.15, 0.2) is 5.75 Å². The molecular formula is C18H20N4O9S. The number of nitrogens with zero attached hydrogens (tertiary/aromatic N) is 1. The zero-order valence-electron chi connectivity index (χ0n) is 17.2. The molecule has 0 atom stereocenters. The molecule has 0 aliphatic rings. The molecule has 0 radical (unpaired) electrons. The summed E-state index contributed by atoms with van der Waals surface area (Å²) in [5.41, 5.74) is 4.11. The average molecular weight is 468 g/mol. The molecule has 2 rings (SSSR count). The van der Waals surface area contributed by atoms with Crippen molar-refractivity contribution in [2.45, 2.75) is 11.4 Å². The van der Waals surface area contributed by atoms with Gasteiger partial charge in [0.2, 0.25) is 11.5 Å². The van der Waals surface area contributed by atoms with E-state index in [0.29, 0.717) is 5.56 Å². The van der Waals surface area contributed by atoms with Crippen molar-refractivity contribution < 1.29 is 37.1 Å². The smallest absolute Gasteiger partial charge is 0.327 e. The van der Waals surface area contributed by atoms with E-state index in [0.717, 1.165) is 13.2 Å². The molecule has 0 aromatic heterocycles. The number of nitro groups is 1. The van der Waals surface area contributed by atoms with Crippen LogP contribution in [0.15, 0.2) is 35.2 Å². The molecule has 13 nitrogen and oxygen atoms in total. The van der Waals surface area contributed by atoms with Crippen molar-refractivity contribution in [3.05, 3.63) is 51.6 Å². The highest BCUT2D eigenvalue weighted by Crippen LogP contribution is 2.46. The van der Waals surface area contributed by atoms with E-state index in [9.17, 15) is 28.1 Å². The maximum atomic E-state index is 12.7. The van der Waals surface area contributed by atoms with Crippen molar-refractivity contribution in [2.24, 2.45) is 5.73 Å². The van der Waals surface area contributed by atoms with E-state index < -0.39 is 43.9 Å². The fourth-order valence-corrected chi connectivity index (χ4v) is 3.67. The number of sulfonamides is 1. The SMILES string of the molecule is COc1cc(C(=O)NS(=O)(=O)c2ccc(CNC(N)=O)cc2)c([N+](=O)[O-])c(OC)c1OC. The average Bonchev–Trinajstić information content (AvgIpc) is 2.75. The van der Waals surface area contributed by atoms with Crippen LogP contribution < -0.4 is 30.0 Å². The van der Waals surface area contributed by atoms with Gasteiger partial charge in [0.25, 0.3) is 15.9 Å². The Balaban J connectivity index is 2.43. The number of primary amides is 1. The molecule has 172 valence electrons. The Hall–Kier alpha value is -4.07. The highest BCUT2D eigenvalue weighted by molar-refractivity contribution is 7.90. The van der Waals surface area contributed by atoms with E-state index in [2.05, 4.69) is 5.32 Å². The molecule has 0 fully saturated rings. The topological polar surface area (TPSA) is 189 Å². The lowest BCUT2D eigenvalue weighted by atomic mass is 10.1. The van der Waals surface area contributed by atoms with Gasteiger partial charge in [-0.1, -0.05) is 12.1 Å². The Kier molecular flexibility index (Phi) is 7.43. The quantitative estimate of drug-likeness (QED) is 0.355. The molecule has 0 bridgehead atoms. The minimum Gasteiger partial charge on any atom is -0.493 e. The van der Waals surface area contributed by atoms with E-state index in [1.54, 1.807) is 4.72 Å². The Labute approximate surface area is 182 Å². The third-order valence-corrected chi connectivity index (χ3v) is 5.51. The highest BCUT2D eigenvalue weighted by Gasteiger charge is 2.34. The minimum atomic E-state index is -4.40. The van der Waals surface area contributed by atoms with Crippen LogP contribution in [-0.2, 0) is 16.6 Å². The van der Waals surface area contributed by atoms with Gasteiger partial charge in [-0.15, -0.1) is 0 Å². The fraction of sp³-hybridized carbons (Fsp3) is 0.222. The maximum Gasteiger partial charge on any atom is 0.327 e. The number of carbonyl (C=O) groups is 2. The molecule has 0 heterocycles. The zero-order chi connectivity index (χ0) is 24.1. The molecule has 2 aromatic carbocycles. The second kappa shape index (κ2) is 9.82. The highest BCUT2D eigenvalue weighted by atomic mass is 32.2. The van der Waals surface area contributed by atoms with Crippen LogP contribution in [0.5, 0.6) is 17.2 Å². The van der Waals surface area contributed by atoms with Gasteiger partial charge in [0.1, 0.15) is 5.56 Å². The molecule has 0 aliphatic heterocycles. The number of ether oxygens (including phenoxy) is 3. The van der Waals surface area contributed by atoms with Gasteiger partial charge in [-0.3, -0.25) is 14.9 Å². The van der Waals surface area contributed by atoms with Crippen LogP contribution in [0.4, 0.5) is 10.5 Å². The molecule has 0 spiro atoms. The summed E-state index contributed by atoms with van der Waals surface area (Å²) in [6.45, 7) is 0.0691. The van der Waals surface area contributed by atoms with E-state index >= 15 is 0 Å². The number of benzene rings is 2. The van der Waals surface area contributed by atoms with Crippen molar-refractivity contribution in [2.75, 3.05) is 21.3 Å². The Morgan fingerprint density at radius 1 is 1.06 bits per heavy atom. The normalized spacial score (nSPS) is 10.7. The van der Waals surface area contributed by atoms with Gasteiger partial charge in [0, 0.05) is 12.6 Å². The van der Waals surface area contributed by atoms with Gasteiger partial charge in [-0.25, -0.2) is 17.9 Å². The predicted molar refractivity (Wildman–Crippen MR) is 110 cm³/mol. The predicted octanol–water partition coefficient (Wildman–Crippen LogP) is 0.908. The minimum absolute atomic E-state index is 0.0691. The number of amides is 3. The van der Waals surface area contributed by atoms with E-state index in [1.807, 2.05) is 0 Å². The molecule has 4 N–H and O–H groups in total. The van der Waals surface area contributed by atoms with E-state index in [4.69, 9.17) is 19.9 Å². The summed E-state index contributed by atoms with van der Waals surface area (Å²) < 4.78 is 42.2. The van der Waals surface area contributed by atoms with Crippen molar-refractivity contribution in [1.29, 1.82) is 0 Å². The van der Waals surface area contributed by atoms with Gasteiger partial charge in [-0.05, 0) is 17.7 Å². The third-order valence-electron chi connectivity index (χ3n) is 4.16. The first kappa shape index (κ1) is 24.2. The van der Waals surface area contributed by atoms with Crippen molar-refractivity contribution >= 4 is 27.6 Å². The lowest BCUT2D eigenvalue weighted by Gasteiger charge is -2.15. The molecular weight excluding hydrogens is 448 g/mol. The number of rotatable bonds is 9. The van der Waals surface area contributed by atoms with Crippen LogP contribution in [-0.4, -0.2) is 46.6 Å². The summed E-state index contributed by atoms with van der Waals surface area (Å²) in [6.07, 6.45) is 0. The molecule has 32 heavy (non-hydrogen) atoms. The van der Waals surface area contributed by atoms with Gasteiger partial charge < -0.3 is 25.3 Å². The summed E-state index contributed by atoms with van der Waals surface area (Å²) in [5, 5.41) is 14.0. The number of hydrogen-bond acceptors (Lipinski definition) is 9. The molecule has 0 aliphatic carbocycles. The van der Waals surface area contributed by atoms with Crippen molar-refractivity contribution in [1.82, 2.24) is 10.0 Å². The molecule has 2 aromatic rings. The number of nitrogens with one attached hydrogen (secondary N) is 2. The van der Waals surface area contributed by atoms with Crippen LogP contribution in [0, 0.1) is 10.1 Å². The van der Waals surface area contributed by atoms with Crippen molar-refractivity contribution in [3.63, 3.8) is 0 Å². The van der Waals surface area contributed by atoms with Crippen LogP contribution >= 0.6 is 0 Å². The standard InChI is InChI=1S/C18H20N4O9S/c1-29-13-8-12(14(22(25)26)16(31-3)15(13)30-2)17(23)21-32(27,28)11-6-4-10(5-7-11)9-20-18(19)24/h4-8H,9H2,1-3H3,(H,21,23)(H3,19,20,24). The first-order valence-corrected chi connectivity index (χ1v) is 10.2. The number of urea groups is 1. The zero-order valence-corrected chi connectivity index (χ0v) is 18.0. The molecule has 0 unspecified atom stereocenters. The molecule has 0 saturated heterocycles. The van der Waals surface area contributed by atoms with Gasteiger partial charge >= 0.3 is 11.7 Å². The van der Waals surface area contributed by atoms with Crippen LogP contribution in [0.2, 0.25) is 0 Å².